The Morgan fingerprint density at radius 1 is 1.14 bits per heavy atom. The van der Waals surface area contributed by atoms with Gasteiger partial charge in [0.15, 0.2) is 11.5 Å². The molecule has 1 aliphatic heterocycles. The van der Waals surface area contributed by atoms with E-state index in [1.54, 1.807) is 12.0 Å². The van der Waals surface area contributed by atoms with E-state index in [-0.39, 0.29) is 34.4 Å². The van der Waals surface area contributed by atoms with Crippen molar-refractivity contribution in [2.45, 2.75) is 25.0 Å². The molecule has 5 nitrogen and oxygen atoms in total. The number of benzene rings is 2. The molecule has 1 aliphatic carbocycles. The van der Waals surface area contributed by atoms with Gasteiger partial charge < -0.3 is 19.5 Å². The minimum Gasteiger partial charge on any atom is -0.493 e. The third-order valence-electron chi connectivity index (χ3n) is 5.83. The third kappa shape index (κ3) is 4.19. The lowest BCUT2D eigenvalue weighted by Crippen LogP contribution is -2.42. The standard InChI is InChI=1S/C22H23ClFNO4/c1-28-19-4-2-3-5-20(19)29-21-9-15-12-25(11-14(15)8-18(21)26)22(27)13-6-16(23)10-17(24)7-13/h2-7,10,14-15,18,21,26H,8-9,11-12H2,1H3/t14-,15+,18+,21+/m0/s1. The summed E-state index contributed by atoms with van der Waals surface area (Å²) in [5, 5.41) is 10.8. The molecule has 29 heavy (non-hydrogen) atoms. The molecule has 0 spiro atoms. The molecule has 1 saturated heterocycles. The summed E-state index contributed by atoms with van der Waals surface area (Å²) in [5.41, 5.74) is 0.246. The number of amides is 1. The van der Waals surface area contributed by atoms with Gasteiger partial charge in [-0.3, -0.25) is 4.79 Å². The Morgan fingerprint density at radius 2 is 1.83 bits per heavy atom. The van der Waals surface area contributed by atoms with E-state index in [0.717, 1.165) is 0 Å². The number of fused-ring (bicyclic) bond motifs is 1. The normalized spacial score (nSPS) is 26.1. The van der Waals surface area contributed by atoms with Crippen LogP contribution in [-0.2, 0) is 0 Å². The number of aliphatic hydroxyl groups is 1. The lowest BCUT2D eigenvalue weighted by atomic mass is 9.78. The molecule has 2 aliphatic rings. The molecule has 1 saturated carbocycles. The van der Waals surface area contributed by atoms with E-state index in [4.69, 9.17) is 21.1 Å². The van der Waals surface area contributed by atoms with Crippen LogP contribution in [0.2, 0.25) is 5.02 Å². The molecule has 7 heteroatoms. The predicted octanol–water partition coefficient (Wildman–Crippen LogP) is 3.78. The molecule has 1 N–H and O–H groups in total. The maximum absolute atomic E-state index is 13.6. The highest BCUT2D eigenvalue weighted by atomic mass is 35.5. The number of aliphatic hydroxyl groups excluding tert-OH is 1. The number of carbonyl (C=O) groups is 1. The van der Waals surface area contributed by atoms with Crippen molar-refractivity contribution >= 4 is 17.5 Å². The fourth-order valence-electron chi connectivity index (χ4n) is 4.42. The maximum atomic E-state index is 13.6. The third-order valence-corrected chi connectivity index (χ3v) is 6.05. The van der Waals surface area contributed by atoms with E-state index in [1.165, 1.54) is 18.2 Å². The summed E-state index contributed by atoms with van der Waals surface area (Å²) in [6, 6.07) is 11.2. The Kier molecular flexibility index (Phi) is 5.65. The molecule has 4 rings (SSSR count). The van der Waals surface area contributed by atoms with Crippen LogP contribution in [0.3, 0.4) is 0 Å². The lowest BCUT2D eigenvalue weighted by molar-refractivity contribution is -0.0240. The van der Waals surface area contributed by atoms with E-state index in [0.29, 0.717) is 37.4 Å². The number of hydrogen-bond acceptors (Lipinski definition) is 4. The van der Waals surface area contributed by atoms with Gasteiger partial charge in [-0.2, -0.15) is 0 Å². The molecule has 1 amide bonds. The highest BCUT2D eigenvalue weighted by molar-refractivity contribution is 6.31. The zero-order valence-electron chi connectivity index (χ0n) is 16.1. The fraction of sp³-hybridized carbons (Fsp3) is 0.409. The number of halogens is 2. The van der Waals surface area contributed by atoms with Gasteiger partial charge in [-0.1, -0.05) is 23.7 Å². The van der Waals surface area contributed by atoms with Crippen molar-refractivity contribution in [3.63, 3.8) is 0 Å². The van der Waals surface area contributed by atoms with E-state index in [2.05, 4.69) is 0 Å². The molecule has 0 radical (unpaired) electrons. The molecule has 0 unspecified atom stereocenters. The van der Waals surface area contributed by atoms with Crippen LogP contribution < -0.4 is 9.47 Å². The molecule has 1 heterocycles. The second-order valence-electron chi connectivity index (χ2n) is 7.73. The molecule has 0 aromatic heterocycles. The Hall–Kier alpha value is -2.31. The van der Waals surface area contributed by atoms with Gasteiger partial charge in [0.2, 0.25) is 0 Å². The van der Waals surface area contributed by atoms with Crippen LogP contribution in [0.15, 0.2) is 42.5 Å². The Bertz CT molecular complexity index is 888. The first-order valence-corrected chi connectivity index (χ1v) is 10.1. The molecule has 0 bridgehead atoms. The largest absolute Gasteiger partial charge is 0.493 e. The summed E-state index contributed by atoms with van der Waals surface area (Å²) in [6.45, 7) is 1.09. The predicted molar refractivity (Wildman–Crippen MR) is 107 cm³/mol. The molecule has 154 valence electrons. The van der Waals surface area contributed by atoms with Crippen LogP contribution in [0, 0.1) is 17.7 Å². The molecular weight excluding hydrogens is 397 g/mol. The summed E-state index contributed by atoms with van der Waals surface area (Å²) in [7, 11) is 1.58. The molecule has 4 atom stereocenters. The minimum atomic E-state index is -0.625. The van der Waals surface area contributed by atoms with Crippen molar-refractivity contribution in [2.75, 3.05) is 20.2 Å². The summed E-state index contributed by atoms with van der Waals surface area (Å²) in [6.07, 6.45) is 0.196. The first-order valence-electron chi connectivity index (χ1n) is 9.67. The van der Waals surface area contributed by atoms with E-state index in [1.807, 2.05) is 24.3 Å². The number of nitrogens with zero attached hydrogens (tertiary/aromatic N) is 1. The van der Waals surface area contributed by atoms with Gasteiger partial charge in [0, 0.05) is 23.7 Å². The van der Waals surface area contributed by atoms with E-state index in [9.17, 15) is 14.3 Å². The van der Waals surface area contributed by atoms with Gasteiger partial charge in [-0.25, -0.2) is 4.39 Å². The highest BCUT2D eigenvalue weighted by Gasteiger charge is 2.44. The maximum Gasteiger partial charge on any atom is 0.254 e. The summed E-state index contributed by atoms with van der Waals surface area (Å²) < 4.78 is 25.0. The monoisotopic (exact) mass is 419 g/mol. The number of hydrogen-bond donors (Lipinski definition) is 1. The van der Waals surface area contributed by atoms with Crippen LogP contribution in [0.4, 0.5) is 4.39 Å². The number of likely N-dealkylation sites (tertiary alicyclic amines) is 1. The van der Waals surface area contributed by atoms with Crippen LogP contribution >= 0.6 is 11.6 Å². The Balaban J connectivity index is 1.45. The zero-order chi connectivity index (χ0) is 20.5. The van der Waals surface area contributed by atoms with Crippen LogP contribution in [0.25, 0.3) is 0 Å². The second kappa shape index (κ2) is 8.20. The average Bonchev–Trinajstić information content (AvgIpc) is 3.10. The van der Waals surface area contributed by atoms with Gasteiger partial charge in [0.05, 0.1) is 13.2 Å². The van der Waals surface area contributed by atoms with Crippen molar-refractivity contribution in [3.8, 4) is 11.5 Å². The van der Waals surface area contributed by atoms with Gasteiger partial charge in [-0.05, 0) is 55.0 Å². The zero-order valence-corrected chi connectivity index (χ0v) is 16.8. The van der Waals surface area contributed by atoms with E-state index < -0.39 is 11.9 Å². The van der Waals surface area contributed by atoms with Crippen LogP contribution in [0.1, 0.15) is 23.2 Å². The van der Waals surface area contributed by atoms with Crippen LogP contribution in [-0.4, -0.2) is 48.3 Å². The lowest BCUT2D eigenvalue weighted by Gasteiger charge is -2.35. The van der Waals surface area contributed by atoms with Crippen LogP contribution in [0.5, 0.6) is 11.5 Å². The SMILES string of the molecule is COc1ccccc1O[C@@H]1C[C@@H]2CN(C(=O)c3cc(F)cc(Cl)c3)C[C@@H]2C[C@H]1O. The van der Waals surface area contributed by atoms with Crippen molar-refractivity contribution in [3.05, 3.63) is 58.9 Å². The van der Waals surface area contributed by atoms with Crippen molar-refractivity contribution in [1.82, 2.24) is 4.90 Å². The highest BCUT2D eigenvalue weighted by Crippen LogP contribution is 2.39. The topological polar surface area (TPSA) is 59.0 Å². The number of carbonyl (C=O) groups excluding carboxylic acids is 1. The Labute approximate surface area is 174 Å². The number of rotatable bonds is 4. The number of para-hydroxylation sites is 2. The van der Waals surface area contributed by atoms with Gasteiger partial charge in [0.25, 0.3) is 5.91 Å². The summed E-state index contributed by atoms with van der Waals surface area (Å²) in [5.74, 6) is 0.850. The quantitative estimate of drug-likeness (QED) is 0.819. The molecule has 2 fully saturated rings. The average molecular weight is 420 g/mol. The number of methoxy groups -OCH3 is 1. The second-order valence-corrected chi connectivity index (χ2v) is 8.17. The van der Waals surface area contributed by atoms with E-state index >= 15 is 0 Å². The van der Waals surface area contributed by atoms with Gasteiger partial charge >= 0.3 is 0 Å². The molecule has 2 aromatic carbocycles. The first kappa shape index (κ1) is 20.0. The Morgan fingerprint density at radius 3 is 2.52 bits per heavy atom. The van der Waals surface area contributed by atoms with Crippen molar-refractivity contribution in [2.24, 2.45) is 11.8 Å². The number of ether oxygens (including phenoxy) is 2. The summed E-state index contributed by atoms with van der Waals surface area (Å²) >= 11 is 5.89. The minimum absolute atomic E-state index is 0.190. The molecule has 2 aromatic rings. The molecular formula is C22H23ClFNO4. The summed E-state index contributed by atoms with van der Waals surface area (Å²) in [4.78, 5) is 14.5. The van der Waals surface area contributed by atoms with Crippen molar-refractivity contribution in [1.29, 1.82) is 0 Å². The fourth-order valence-corrected chi connectivity index (χ4v) is 4.64. The smallest absolute Gasteiger partial charge is 0.254 e. The van der Waals surface area contributed by atoms with Crippen molar-refractivity contribution < 1.29 is 23.8 Å². The van der Waals surface area contributed by atoms with Gasteiger partial charge in [0.1, 0.15) is 11.9 Å². The van der Waals surface area contributed by atoms with Gasteiger partial charge in [-0.15, -0.1) is 0 Å². The first-order chi connectivity index (χ1) is 13.9.